The molecule has 0 atom stereocenters. The first kappa shape index (κ1) is 24.9. The Kier molecular flexibility index (Phi) is 7.83. The van der Waals surface area contributed by atoms with E-state index in [1.165, 1.54) is 12.1 Å². The van der Waals surface area contributed by atoms with Gasteiger partial charge < -0.3 is 19.1 Å². The molecule has 1 aliphatic heterocycles. The Morgan fingerprint density at radius 3 is 2.54 bits per heavy atom. The summed E-state index contributed by atoms with van der Waals surface area (Å²) in [5.41, 5.74) is 2.08. The Labute approximate surface area is 205 Å². The van der Waals surface area contributed by atoms with Crippen molar-refractivity contribution in [2.75, 3.05) is 60.0 Å². The van der Waals surface area contributed by atoms with E-state index in [0.717, 1.165) is 37.1 Å². The summed E-state index contributed by atoms with van der Waals surface area (Å²) in [7, 11) is 4.12. The van der Waals surface area contributed by atoms with Gasteiger partial charge in [-0.1, -0.05) is 12.1 Å². The third-order valence-corrected chi connectivity index (χ3v) is 6.47. The molecule has 186 valence electrons. The zero-order valence-electron chi connectivity index (χ0n) is 20.7. The van der Waals surface area contributed by atoms with Crippen LogP contribution in [0.3, 0.4) is 0 Å². The molecule has 35 heavy (non-hydrogen) atoms. The molecule has 3 aromatic rings. The van der Waals surface area contributed by atoms with Crippen LogP contribution in [0.5, 0.6) is 5.75 Å². The zero-order valence-corrected chi connectivity index (χ0v) is 20.7. The maximum Gasteiger partial charge on any atom is 0.260 e. The number of hydrogen-bond acceptors (Lipinski definition) is 5. The average Bonchev–Trinajstić information content (AvgIpc) is 2.84. The number of benzene rings is 2. The van der Waals surface area contributed by atoms with Gasteiger partial charge in [-0.3, -0.25) is 14.5 Å². The van der Waals surface area contributed by atoms with Crippen molar-refractivity contribution in [2.24, 2.45) is 0 Å². The molecule has 7 nitrogen and oxygen atoms in total. The second-order valence-electron chi connectivity index (χ2n) is 9.37. The number of fused-ring (bicyclic) bond motifs is 1. The largest absolute Gasteiger partial charge is 0.484 e. The molecule has 1 aliphatic rings. The molecule has 8 heteroatoms. The molecule has 1 saturated heterocycles. The number of carbonyl (C=O) groups is 1. The Bertz CT molecular complexity index is 1250. The SMILES string of the molecule is Cc1cc(=O)n(Cc2cccc(F)c2)c2cc(OCC(=O)N3CCN(CCN(C)C)CC3)ccc12. The van der Waals surface area contributed by atoms with Gasteiger partial charge in [0.05, 0.1) is 12.1 Å². The van der Waals surface area contributed by atoms with Gasteiger partial charge in [0.25, 0.3) is 11.5 Å². The highest BCUT2D eigenvalue weighted by Gasteiger charge is 2.21. The van der Waals surface area contributed by atoms with Crippen molar-refractivity contribution in [1.29, 1.82) is 0 Å². The molecular formula is C27H33FN4O3. The Balaban J connectivity index is 1.45. The fraction of sp³-hybridized carbons (Fsp3) is 0.407. The van der Waals surface area contributed by atoms with Crippen molar-refractivity contribution in [2.45, 2.75) is 13.5 Å². The topological polar surface area (TPSA) is 58.0 Å². The van der Waals surface area contributed by atoms with Crippen LogP contribution in [0.2, 0.25) is 0 Å². The average molecular weight is 481 g/mol. The fourth-order valence-corrected chi connectivity index (χ4v) is 4.40. The number of likely N-dealkylation sites (N-methyl/N-ethyl adjacent to an activating group) is 1. The van der Waals surface area contributed by atoms with Gasteiger partial charge in [0.2, 0.25) is 0 Å². The monoisotopic (exact) mass is 480 g/mol. The molecule has 0 aliphatic carbocycles. The number of rotatable bonds is 8. The van der Waals surface area contributed by atoms with Gasteiger partial charge in [-0.05, 0) is 56.4 Å². The second-order valence-corrected chi connectivity index (χ2v) is 9.37. The third-order valence-electron chi connectivity index (χ3n) is 6.47. The number of carbonyl (C=O) groups excluding carboxylic acids is 1. The van der Waals surface area contributed by atoms with E-state index in [2.05, 4.69) is 23.9 Å². The highest BCUT2D eigenvalue weighted by atomic mass is 19.1. The smallest absolute Gasteiger partial charge is 0.260 e. The number of halogens is 1. The van der Waals surface area contributed by atoms with Gasteiger partial charge in [0.1, 0.15) is 11.6 Å². The van der Waals surface area contributed by atoms with Crippen LogP contribution in [0, 0.1) is 12.7 Å². The minimum absolute atomic E-state index is 0.0428. The standard InChI is InChI=1S/C27H33FN4O3/c1-20-15-26(33)32(18-21-5-4-6-22(28)16-21)25-17-23(7-8-24(20)25)35-19-27(34)31-13-11-30(12-14-31)10-9-29(2)3/h4-8,15-17H,9-14,18-19H2,1-3H3. The van der Waals surface area contributed by atoms with Crippen molar-refractivity contribution in [1.82, 2.24) is 19.3 Å². The minimum atomic E-state index is -0.340. The molecule has 2 aromatic carbocycles. The van der Waals surface area contributed by atoms with Crippen LogP contribution < -0.4 is 10.3 Å². The van der Waals surface area contributed by atoms with Gasteiger partial charge in [0.15, 0.2) is 6.61 Å². The predicted molar refractivity (Wildman–Crippen MR) is 136 cm³/mol. The van der Waals surface area contributed by atoms with Crippen LogP contribution in [0.25, 0.3) is 10.9 Å². The summed E-state index contributed by atoms with van der Waals surface area (Å²) in [5, 5.41) is 0.911. The Morgan fingerprint density at radius 1 is 1.06 bits per heavy atom. The summed E-state index contributed by atoms with van der Waals surface area (Å²) >= 11 is 0. The van der Waals surface area contributed by atoms with Crippen LogP contribution in [0.1, 0.15) is 11.1 Å². The lowest BCUT2D eigenvalue weighted by Gasteiger charge is -2.35. The van der Waals surface area contributed by atoms with Gasteiger partial charge in [0, 0.05) is 56.8 Å². The molecular weight excluding hydrogens is 447 g/mol. The number of aromatic nitrogens is 1. The van der Waals surface area contributed by atoms with E-state index < -0.39 is 0 Å². The van der Waals surface area contributed by atoms with Crippen molar-refractivity contribution < 1.29 is 13.9 Å². The molecule has 1 amide bonds. The van der Waals surface area contributed by atoms with Crippen LogP contribution in [-0.2, 0) is 11.3 Å². The van der Waals surface area contributed by atoms with E-state index in [9.17, 15) is 14.0 Å². The molecule has 2 heterocycles. The first-order chi connectivity index (χ1) is 16.8. The number of nitrogens with zero attached hydrogens (tertiary/aromatic N) is 4. The van der Waals surface area contributed by atoms with E-state index >= 15 is 0 Å². The Morgan fingerprint density at radius 2 is 1.83 bits per heavy atom. The van der Waals surface area contributed by atoms with Gasteiger partial charge >= 0.3 is 0 Å². The lowest BCUT2D eigenvalue weighted by Crippen LogP contribution is -2.51. The number of pyridine rings is 1. The molecule has 4 rings (SSSR count). The molecule has 0 unspecified atom stereocenters. The van der Waals surface area contributed by atoms with E-state index in [1.807, 2.05) is 24.0 Å². The summed E-state index contributed by atoms with van der Waals surface area (Å²) in [5.74, 6) is 0.139. The van der Waals surface area contributed by atoms with Gasteiger partial charge in [-0.2, -0.15) is 0 Å². The third kappa shape index (κ3) is 6.26. The maximum atomic E-state index is 13.7. The van der Waals surface area contributed by atoms with E-state index in [4.69, 9.17) is 4.74 Å². The summed E-state index contributed by atoms with van der Waals surface area (Å²) in [6.07, 6.45) is 0. The summed E-state index contributed by atoms with van der Waals surface area (Å²) < 4.78 is 21.1. The molecule has 0 spiro atoms. The second kappa shape index (κ2) is 11.0. The molecule has 0 radical (unpaired) electrons. The van der Waals surface area contributed by atoms with Crippen molar-refractivity contribution in [3.05, 3.63) is 75.8 Å². The van der Waals surface area contributed by atoms with Crippen LogP contribution in [0.15, 0.2) is 53.3 Å². The lowest BCUT2D eigenvalue weighted by molar-refractivity contribution is -0.135. The fourth-order valence-electron chi connectivity index (χ4n) is 4.40. The quantitative estimate of drug-likeness (QED) is 0.496. The van der Waals surface area contributed by atoms with Crippen molar-refractivity contribution in [3.8, 4) is 5.75 Å². The van der Waals surface area contributed by atoms with Gasteiger partial charge in [-0.15, -0.1) is 0 Å². The predicted octanol–water partition coefficient (Wildman–Crippen LogP) is 2.58. The zero-order chi connectivity index (χ0) is 24.9. The number of aryl methyl sites for hydroxylation is 1. The number of ether oxygens (including phenoxy) is 1. The van der Waals surface area contributed by atoms with Crippen LogP contribution in [0.4, 0.5) is 4.39 Å². The summed E-state index contributed by atoms with van der Waals surface area (Å²) in [6.45, 7) is 7.19. The first-order valence-corrected chi connectivity index (χ1v) is 12.0. The number of hydrogen-bond donors (Lipinski definition) is 0. The van der Waals surface area contributed by atoms with E-state index in [-0.39, 0.29) is 30.4 Å². The highest BCUT2D eigenvalue weighted by molar-refractivity contribution is 5.84. The van der Waals surface area contributed by atoms with E-state index in [1.54, 1.807) is 28.8 Å². The van der Waals surface area contributed by atoms with E-state index in [0.29, 0.717) is 29.9 Å². The lowest BCUT2D eigenvalue weighted by atomic mass is 10.1. The molecule has 1 aromatic heterocycles. The molecule has 0 bridgehead atoms. The van der Waals surface area contributed by atoms with Gasteiger partial charge in [-0.25, -0.2) is 4.39 Å². The first-order valence-electron chi connectivity index (χ1n) is 12.0. The Hall–Kier alpha value is -3.23. The molecule has 1 fully saturated rings. The molecule has 0 saturated carbocycles. The highest BCUT2D eigenvalue weighted by Crippen LogP contribution is 2.23. The summed E-state index contributed by atoms with van der Waals surface area (Å²) in [6, 6.07) is 13.3. The summed E-state index contributed by atoms with van der Waals surface area (Å²) in [4.78, 5) is 31.9. The number of piperazine rings is 1. The van der Waals surface area contributed by atoms with Crippen LogP contribution in [-0.4, -0.2) is 85.1 Å². The molecule has 0 N–H and O–H groups in total. The maximum absolute atomic E-state index is 13.7. The van der Waals surface area contributed by atoms with Crippen molar-refractivity contribution >= 4 is 16.8 Å². The minimum Gasteiger partial charge on any atom is -0.484 e. The van der Waals surface area contributed by atoms with Crippen LogP contribution >= 0.6 is 0 Å². The normalized spacial score (nSPS) is 14.6. The van der Waals surface area contributed by atoms with Crippen molar-refractivity contribution in [3.63, 3.8) is 0 Å². The number of amides is 1.